The molecule has 3 nitrogen and oxygen atoms in total. The second kappa shape index (κ2) is 4.01. The van der Waals surface area contributed by atoms with Gasteiger partial charge in [0.05, 0.1) is 18.3 Å². The number of hydrogen-bond acceptors (Lipinski definition) is 3. The SMILES string of the molecule is C=C1CC23CCCN4CCC5(c6cccc(OC)c6NC15CC2)C43. The van der Waals surface area contributed by atoms with Crippen LogP contribution in [0.4, 0.5) is 5.69 Å². The zero-order valence-corrected chi connectivity index (χ0v) is 14.5. The molecule has 0 aromatic heterocycles. The molecule has 1 aromatic rings. The number of fused-ring (bicyclic) bond motifs is 3. The van der Waals surface area contributed by atoms with Crippen molar-refractivity contribution < 1.29 is 4.74 Å². The molecule has 126 valence electrons. The number of methoxy groups -OCH3 is 1. The summed E-state index contributed by atoms with van der Waals surface area (Å²) in [5.74, 6) is 1.00. The Labute approximate surface area is 144 Å². The van der Waals surface area contributed by atoms with Crippen LogP contribution in [-0.2, 0) is 5.41 Å². The van der Waals surface area contributed by atoms with Crippen molar-refractivity contribution in [3.05, 3.63) is 35.9 Å². The predicted molar refractivity (Wildman–Crippen MR) is 95.7 cm³/mol. The number of ether oxygens (including phenoxy) is 1. The van der Waals surface area contributed by atoms with Crippen LogP contribution >= 0.6 is 0 Å². The molecule has 2 saturated heterocycles. The number of anilines is 1. The minimum Gasteiger partial charge on any atom is -0.495 e. The molecule has 0 radical (unpaired) electrons. The van der Waals surface area contributed by atoms with Crippen molar-refractivity contribution >= 4 is 5.69 Å². The third-order valence-electron chi connectivity index (χ3n) is 8.32. The quantitative estimate of drug-likeness (QED) is 0.798. The highest BCUT2D eigenvalue weighted by Crippen LogP contribution is 2.74. The normalized spacial score (nSPS) is 44.7. The van der Waals surface area contributed by atoms with Crippen LogP contribution in [0.3, 0.4) is 0 Å². The Bertz CT molecular complexity index is 773. The number of para-hydroxylation sites is 1. The first kappa shape index (κ1) is 13.8. The van der Waals surface area contributed by atoms with Gasteiger partial charge in [0.15, 0.2) is 0 Å². The molecule has 4 unspecified atom stereocenters. The highest BCUT2D eigenvalue weighted by molar-refractivity contribution is 5.76. The van der Waals surface area contributed by atoms with Crippen molar-refractivity contribution in [1.29, 1.82) is 0 Å². The summed E-state index contributed by atoms with van der Waals surface area (Å²) < 4.78 is 5.73. The monoisotopic (exact) mass is 322 g/mol. The zero-order chi connectivity index (χ0) is 16.2. The average Bonchev–Trinajstić information content (AvgIpc) is 3.14. The van der Waals surface area contributed by atoms with Gasteiger partial charge in [-0.15, -0.1) is 0 Å². The van der Waals surface area contributed by atoms with E-state index in [2.05, 4.69) is 35.0 Å². The van der Waals surface area contributed by atoms with Crippen LogP contribution in [0.2, 0.25) is 0 Å². The molecule has 6 aliphatic rings. The molecule has 3 heteroatoms. The number of hydrogen-bond donors (Lipinski definition) is 1. The smallest absolute Gasteiger partial charge is 0.142 e. The van der Waals surface area contributed by atoms with E-state index in [1.165, 1.54) is 68.4 Å². The molecule has 3 heterocycles. The minimum absolute atomic E-state index is 0.0580. The number of nitrogens with zero attached hydrogens (tertiary/aromatic N) is 1. The van der Waals surface area contributed by atoms with Crippen molar-refractivity contribution in [2.45, 2.75) is 55.5 Å². The van der Waals surface area contributed by atoms with E-state index in [1.807, 2.05) is 0 Å². The number of rotatable bonds is 1. The van der Waals surface area contributed by atoms with Crippen LogP contribution in [0.5, 0.6) is 5.75 Å². The average molecular weight is 322 g/mol. The fourth-order valence-electron chi connectivity index (χ4n) is 7.72. The molecular weight excluding hydrogens is 296 g/mol. The largest absolute Gasteiger partial charge is 0.495 e. The van der Waals surface area contributed by atoms with Gasteiger partial charge in [0.1, 0.15) is 5.75 Å². The van der Waals surface area contributed by atoms with Gasteiger partial charge in [0, 0.05) is 11.5 Å². The Balaban J connectivity index is 1.68. The van der Waals surface area contributed by atoms with E-state index in [9.17, 15) is 0 Å². The summed E-state index contributed by atoms with van der Waals surface area (Å²) in [5, 5.41) is 4.00. The van der Waals surface area contributed by atoms with Gasteiger partial charge in [-0.2, -0.15) is 0 Å². The van der Waals surface area contributed by atoms with E-state index in [0.29, 0.717) is 11.5 Å². The third-order valence-corrected chi connectivity index (χ3v) is 8.32. The lowest BCUT2D eigenvalue weighted by atomic mass is 9.41. The van der Waals surface area contributed by atoms with E-state index in [0.717, 1.165) is 5.75 Å². The summed E-state index contributed by atoms with van der Waals surface area (Å²) in [4.78, 5) is 2.83. The Kier molecular flexibility index (Phi) is 2.30. The molecule has 24 heavy (non-hydrogen) atoms. The first-order valence-electron chi connectivity index (χ1n) is 9.55. The highest BCUT2D eigenvalue weighted by Gasteiger charge is 2.76. The van der Waals surface area contributed by atoms with Gasteiger partial charge in [-0.1, -0.05) is 24.3 Å². The van der Waals surface area contributed by atoms with Gasteiger partial charge in [-0.25, -0.2) is 0 Å². The van der Waals surface area contributed by atoms with Gasteiger partial charge in [0.2, 0.25) is 0 Å². The maximum atomic E-state index is 5.73. The van der Waals surface area contributed by atoms with Crippen molar-refractivity contribution in [2.75, 3.05) is 25.5 Å². The summed E-state index contributed by atoms with van der Waals surface area (Å²) in [7, 11) is 1.80. The van der Waals surface area contributed by atoms with Gasteiger partial charge >= 0.3 is 0 Å². The lowest BCUT2D eigenvalue weighted by Gasteiger charge is -2.67. The highest BCUT2D eigenvalue weighted by atomic mass is 16.5. The summed E-state index contributed by atoms with van der Waals surface area (Å²) in [5.41, 5.74) is 4.98. The number of piperidine rings is 1. The maximum absolute atomic E-state index is 5.73. The lowest BCUT2D eigenvalue weighted by Crippen LogP contribution is -2.73. The fraction of sp³-hybridized carbons (Fsp3) is 0.619. The second-order valence-electron chi connectivity index (χ2n) is 8.82. The Morgan fingerprint density at radius 1 is 1.21 bits per heavy atom. The summed E-state index contributed by atoms with van der Waals surface area (Å²) in [6.07, 6.45) is 7.85. The lowest BCUT2D eigenvalue weighted by molar-refractivity contribution is -0.0718. The van der Waals surface area contributed by atoms with Crippen LogP contribution in [-0.4, -0.2) is 36.7 Å². The molecule has 3 aliphatic heterocycles. The summed E-state index contributed by atoms with van der Waals surface area (Å²) >= 11 is 0. The predicted octanol–water partition coefficient (Wildman–Crippen LogP) is 3.71. The Morgan fingerprint density at radius 2 is 2.12 bits per heavy atom. The molecule has 3 spiro atoms. The topological polar surface area (TPSA) is 24.5 Å². The van der Waals surface area contributed by atoms with E-state index in [4.69, 9.17) is 4.74 Å². The van der Waals surface area contributed by atoms with Gasteiger partial charge in [-0.05, 0) is 68.7 Å². The van der Waals surface area contributed by atoms with E-state index in [-0.39, 0.29) is 11.0 Å². The molecule has 1 N–H and O–H groups in total. The second-order valence-corrected chi connectivity index (χ2v) is 8.82. The van der Waals surface area contributed by atoms with Crippen LogP contribution in [0.15, 0.2) is 30.4 Å². The molecule has 4 atom stereocenters. The first-order valence-corrected chi connectivity index (χ1v) is 9.55. The Morgan fingerprint density at radius 3 is 2.96 bits per heavy atom. The standard InChI is InChI=1S/C21H26N2O/c1-14-13-19-7-4-11-23-12-10-20(18(19)23)15-5-3-6-16(24-2)17(15)22-21(14,20)9-8-19/h3,5-6,18,22H,1,4,7-13H2,2H3. The van der Waals surface area contributed by atoms with Crippen molar-refractivity contribution in [1.82, 2.24) is 4.90 Å². The van der Waals surface area contributed by atoms with E-state index in [1.54, 1.807) is 7.11 Å². The van der Waals surface area contributed by atoms with Crippen LogP contribution in [0.1, 0.15) is 44.1 Å². The fourth-order valence-corrected chi connectivity index (χ4v) is 7.72. The van der Waals surface area contributed by atoms with Crippen LogP contribution < -0.4 is 10.1 Å². The van der Waals surface area contributed by atoms with Crippen LogP contribution in [0, 0.1) is 5.41 Å². The van der Waals surface area contributed by atoms with Gasteiger partial charge in [-0.3, -0.25) is 4.90 Å². The van der Waals surface area contributed by atoms with Crippen molar-refractivity contribution in [2.24, 2.45) is 5.41 Å². The molecule has 5 fully saturated rings. The molecule has 3 aliphatic carbocycles. The molecule has 7 rings (SSSR count). The van der Waals surface area contributed by atoms with Gasteiger partial charge in [0.25, 0.3) is 0 Å². The molecule has 1 aromatic carbocycles. The summed E-state index contributed by atoms with van der Waals surface area (Å²) in [6.45, 7) is 7.18. The van der Waals surface area contributed by atoms with E-state index < -0.39 is 0 Å². The van der Waals surface area contributed by atoms with Gasteiger partial charge < -0.3 is 10.1 Å². The van der Waals surface area contributed by atoms with Crippen molar-refractivity contribution in [3.63, 3.8) is 0 Å². The summed E-state index contributed by atoms with van der Waals surface area (Å²) in [6, 6.07) is 7.36. The third kappa shape index (κ3) is 1.18. The van der Waals surface area contributed by atoms with E-state index >= 15 is 0 Å². The maximum Gasteiger partial charge on any atom is 0.142 e. The molecular formula is C21H26N2O. The van der Waals surface area contributed by atoms with Crippen LogP contribution in [0.25, 0.3) is 0 Å². The number of nitrogens with one attached hydrogen (secondary N) is 1. The molecule has 3 saturated carbocycles. The Hall–Kier alpha value is -1.48. The molecule has 0 amide bonds. The molecule has 2 bridgehead atoms. The number of benzene rings is 1. The first-order chi connectivity index (χ1) is 11.7. The minimum atomic E-state index is 0.0580. The zero-order valence-electron chi connectivity index (χ0n) is 14.5. The van der Waals surface area contributed by atoms with Crippen molar-refractivity contribution in [3.8, 4) is 5.75 Å².